The Morgan fingerprint density at radius 2 is 1.61 bits per heavy atom. The van der Waals surface area contributed by atoms with Gasteiger partial charge >= 0.3 is 11.9 Å². The van der Waals surface area contributed by atoms with E-state index in [-0.39, 0.29) is 21.6 Å². The molecule has 0 saturated heterocycles. The number of ether oxygens (including phenoxy) is 1. The number of esters is 1. The predicted octanol–water partition coefficient (Wildman–Crippen LogP) is 1.90. The number of nitrogens with zero attached hydrogens (tertiary/aromatic N) is 1. The fraction of sp³-hybridized carbons (Fsp3) is 0.0667. The van der Waals surface area contributed by atoms with E-state index in [0.29, 0.717) is 5.06 Å². The van der Waals surface area contributed by atoms with Crippen LogP contribution in [-0.4, -0.2) is 35.9 Å². The first-order valence-electron chi connectivity index (χ1n) is 6.40. The molecule has 0 spiro atoms. The minimum Gasteiger partial charge on any atom is -0.465 e. The summed E-state index contributed by atoms with van der Waals surface area (Å²) in [5, 5.41) is 1.90. The lowest BCUT2D eigenvalue weighted by Crippen LogP contribution is -2.33. The largest absolute Gasteiger partial charge is 0.465 e. The number of benzene rings is 1. The summed E-state index contributed by atoms with van der Waals surface area (Å²) < 4.78 is 4.56. The minimum atomic E-state index is -0.985. The van der Waals surface area contributed by atoms with Crippen molar-refractivity contribution in [3.63, 3.8) is 0 Å². The Bertz CT molecular complexity index is 805. The van der Waals surface area contributed by atoms with Crippen LogP contribution in [0.1, 0.15) is 40.7 Å². The summed E-state index contributed by atoms with van der Waals surface area (Å²) in [6.45, 7) is 0. The normalized spacial score (nSPS) is 13.0. The molecule has 1 aliphatic heterocycles. The molecule has 116 valence electrons. The van der Waals surface area contributed by atoms with E-state index >= 15 is 0 Å². The van der Waals surface area contributed by atoms with Gasteiger partial charge < -0.3 is 9.57 Å². The van der Waals surface area contributed by atoms with Crippen molar-refractivity contribution in [2.24, 2.45) is 0 Å². The van der Waals surface area contributed by atoms with Gasteiger partial charge in [-0.3, -0.25) is 9.59 Å². The lowest BCUT2D eigenvalue weighted by molar-refractivity contribution is -0.0584. The van der Waals surface area contributed by atoms with Crippen molar-refractivity contribution in [2.45, 2.75) is 0 Å². The van der Waals surface area contributed by atoms with Gasteiger partial charge in [0.1, 0.15) is 4.88 Å². The lowest BCUT2D eigenvalue weighted by Gasteiger charge is -2.12. The second-order valence-corrected chi connectivity index (χ2v) is 5.40. The summed E-state index contributed by atoms with van der Waals surface area (Å²) in [7, 11) is 1.18. The molecular weight excluding hydrogens is 322 g/mol. The van der Waals surface area contributed by atoms with Gasteiger partial charge in [0, 0.05) is 0 Å². The zero-order valence-corrected chi connectivity index (χ0v) is 12.6. The third-order valence-electron chi connectivity index (χ3n) is 3.19. The molecule has 0 fully saturated rings. The van der Waals surface area contributed by atoms with E-state index in [2.05, 4.69) is 4.74 Å². The van der Waals surface area contributed by atoms with Crippen LogP contribution in [0, 0.1) is 0 Å². The first-order chi connectivity index (χ1) is 11.0. The molecule has 0 bridgehead atoms. The topological polar surface area (TPSA) is 90.0 Å². The fourth-order valence-corrected chi connectivity index (χ4v) is 2.90. The molecule has 0 aliphatic carbocycles. The summed E-state index contributed by atoms with van der Waals surface area (Å²) in [6, 6.07) is 7.49. The van der Waals surface area contributed by atoms with Crippen LogP contribution in [0.2, 0.25) is 0 Å². The molecule has 3 rings (SSSR count). The summed E-state index contributed by atoms with van der Waals surface area (Å²) >= 11 is 0.994. The van der Waals surface area contributed by atoms with E-state index < -0.39 is 23.8 Å². The standard InChI is InChI=1S/C15H9NO6S/c1-21-15(20)11-10(6-7-23-11)14(19)22-16-12(17)8-4-2-3-5-9(8)13(16)18/h2-7H,1H3. The van der Waals surface area contributed by atoms with E-state index in [1.54, 1.807) is 12.1 Å². The highest BCUT2D eigenvalue weighted by Gasteiger charge is 2.39. The summed E-state index contributed by atoms with van der Waals surface area (Å²) in [5.41, 5.74) is 0.242. The fourth-order valence-electron chi connectivity index (χ4n) is 2.10. The maximum Gasteiger partial charge on any atom is 0.365 e. The molecule has 0 N–H and O–H groups in total. The molecule has 0 radical (unpaired) electrons. The number of hydroxylamine groups is 2. The molecule has 0 unspecified atom stereocenters. The van der Waals surface area contributed by atoms with Gasteiger partial charge in [-0.05, 0) is 23.6 Å². The molecule has 7 nitrogen and oxygen atoms in total. The number of fused-ring (bicyclic) bond motifs is 1. The van der Waals surface area contributed by atoms with Crippen molar-refractivity contribution < 1.29 is 28.8 Å². The number of methoxy groups -OCH3 is 1. The highest BCUT2D eigenvalue weighted by atomic mass is 32.1. The van der Waals surface area contributed by atoms with Crippen LogP contribution < -0.4 is 0 Å². The van der Waals surface area contributed by atoms with Crippen LogP contribution >= 0.6 is 11.3 Å². The van der Waals surface area contributed by atoms with Gasteiger partial charge in [0.15, 0.2) is 0 Å². The van der Waals surface area contributed by atoms with Crippen molar-refractivity contribution >= 4 is 35.1 Å². The maximum atomic E-state index is 12.2. The van der Waals surface area contributed by atoms with Crippen LogP contribution in [0.5, 0.6) is 0 Å². The molecule has 23 heavy (non-hydrogen) atoms. The molecule has 2 aromatic rings. The van der Waals surface area contributed by atoms with Crippen LogP contribution in [0.4, 0.5) is 0 Å². The molecule has 0 saturated carbocycles. The summed E-state index contributed by atoms with van der Waals surface area (Å²) in [4.78, 5) is 52.9. The SMILES string of the molecule is COC(=O)c1sccc1C(=O)ON1C(=O)c2ccccc2C1=O. The Morgan fingerprint density at radius 1 is 1.00 bits per heavy atom. The Balaban J connectivity index is 1.85. The second-order valence-electron chi connectivity index (χ2n) is 4.48. The number of amides is 2. The van der Waals surface area contributed by atoms with E-state index in [1.807, 2.05) is 0 Å². The van der Waals surface area contributed by atoms with Crippen LogP contribution in [0.25, 0.3) is 0 Å². The smallest absolute Gasteiger partial charge is 0.365 e. The van der Waals surface area contributed by atoms with Crippen molar-refractivity contribution in [1.82, 2.24) is 5.06 Å². The van der Waals surface area contributed by atoms with E-state index in [9.17, 15) is 19.2 Å². The summed E-state index contributed by atoms with van der Waals surface area (Å²) in [6.07, 6.45) is 0. The van der Waals surface area contributed by atoms with Gasteiger partial charge in [0.25, 0.3) is 11.8 Å². The third kappa shape index (κ3) is 2.38. The van der Waals surface area contributed by atoms with Gasteiger partial charge in [0.05, 0.1) is 23.8 Å². The average Bonchev–Trinajstić information content (AvgIpc) is 3.14. The number of hydrogen-bond donors (Lipinski definition) is 0. The number of carbonyl (C=O) groups is 4. The van der Waals surface area contributed by atoms with Crippen LogP contribution in [0.3, 0.4) is 0 Å². The van der Waals surface area contributed by atoms with Crippen molar-refractivity contribution in [1.29, 1.82) is 0 Å². The van der Waals surface area contributed by atoms with Crippen molar-refractivity contribution in [3.05, 3.63) is 57.3 Å². The number of rotatable bonds is 3. The highest BCUT2D eigenvalue weighted by molar-refractivity contribution is 7.12. The average molecular weight is 331 g/mol. The third-order valence-corrected chi connectivity index (χ3v) is 4.08. The second kappa shape index (κ2) is 5.65. The zero-order valence-electron chi connectivity index (χ0n) is 11.8. The minimum absolute atomic E-state index is 0.0362. The molecule has 2 amide bonds. The Labute approximate surface area is 134 Å². The van der Waals surface area contributed by atoms with Gasteiger partial charge in [-0.15, -0.1) is 11.3 Å². The maximum absolute atomic E-state index is 12.2. The van der Waals surface area contributed by atoms with Gasteiger partial charge in [0.2, 0.25) is 0 Å². The van der Waals surface area contributed by atoms with E-state index in [4.69, 9.17) is 4.84 Å². The first kappa shape index (κ1) is 14.9. The zero-order chi connectivity index (χ0) is 16.6. The number of hydrogen-bond acceptors (Lipinski definition) is 7. The Kier molecular flexibility index (Phi) is 3.67. The molecule has 2 heterocycles. The number of imide groups is 1. The van der Waals surface area contributed by atoms with Crippen LogP contribution in [0.15, 0.2) is 35.7 Å². The summed E-state index contributed by atoms with van der Waals surface area (Å²) in [5.74, 6) is -3.14. The molecule has 1 aliphatic rings. The van der Waals surface area contributed by atoms with Gasteiger partial charge in [-0.25, -0.2) is 9.59 Å². The molecular formula is C15H9NO6S. The number of thiophene rings is 1. The molecule has 1 aromatic carbocycles. The van der Waals surface area contributed by atoms with Crippen molar-refractivity contribution in [3.8, 4) is 0 Å². The van der Waals surface area contributed by atoms with Gasteiger partial charge in [-0.2, -0.15) is 0 Å². The first-order valence-corrected chi connectivity index (χ1v) is 7.28. The van der Waals surface area contributed by atoms with Crippen LogP contribution in [-0.2, 0) is 9.57 Å². The number of carbonyl (C=O) groups excluding carboxylic acids is 4. The molecule has 8 heteroatoms. The van der Waals surface area contributed by atoms with E-state index in [0.717, 1.165) is 11.3 Å². The quantitative estimate of drug-likeness (QED) is 0.630. The lowest BCUT2D eigenvalue weighted by atomic mass is 10.1. The Hall–Kier alpha value is -3.00. The molecule has 1 aromatic heterocycles. The highest BCUT2D eigenvalue weighted by Crippen LogP contribution is 2.25. The van der Waals surface area contributed by atoms with E-state index in [1.165, 1.54) is 30.7 Å². The van der Waals surface area contributed by atoms with Gasteiger partial charge in [-0.1, -0.05) is 17.2 Å². The predicted molar refractivity (Wildman–Crippen MR) is 78.0 cm³/mol. The monoisotopic (exact) mass is 331 g/mol. The Morgan fingerprint density at radius 3 is 2.17 bits per heavy atom. The molecule has 0 atom stereocenters. The van der Waals surface area contributed by atoms with Crippen molar-refractivity contribution in [2.75, 3.05) is 7.11 Å².